The summed E-state index contributed by atoms with van der Waals surface area (Å²) in [5, 5.41) is 0. The lowest BCUT2D eigenvalue weighted by Crippen LogP contribution is -3.00. The van der Waals surface area contributed by atoms with Gasteiger partial charge in [0.2, 0.25) is 0 Å². The van der Waals surface area contributed by atoms with Crippen LogP contribution >= 0.6 is 0 Å². The molecule has 0 radical (unpaired) electrons. The minimum Gasteiger partial charge on any atom is -1.00 e. The quantitative estimate of drug-likeness (QED) is 0.570. The van der Waals surface area contributed by atoms with E-state index in [9.17, 15) is 0 Å². The lowest BCUT2D eigenvalue weighted by molar-refractivity contribution is -0.674. The summed E-state index contributed by atoms with van der Waals surface area (Å²) < 4.78 is 9.83. The predicted molar refractivity (Wildman–Crippen MR) is 46.2 cm³/mol. The molecule has 0 aromatic carbocycles. The molecule has 0 fully saturated rings. The Balaban J connectivity index is 0.000000845. The van der Waals surface area contributed by atoms with E-state index >= 15 is 0 Å². The molecular formula is C9H15ClN2O. The van der Waals surface area contributed by atoms with Crippen LogP contribution in [0, 0.1) is 0 Å². The van der Waals surface area contributed by atoms with Gasteiger partial charge in [-0.3, -0.25) is 0 Å². The average Bonchev–Trinajstić information content (AvgIpc) is 2.57. The summed E-state index contributed by atoms with van der Waals surface area (Å²) in [5.74, 6) is 1.04. The van der Waals surface area contributed by atoms with E-state index in [4.69, 9.17) is 4.42 Å². The Morgan fingerprint density at radius 3 is 2.77 bits per heavy atom. The smallest absolute Gasteiger partial charge is 0.467 e. The van der Waals surface area contributed by atoms with Crippen molar-refractivity contribution in [3.63, 3.8) is 0 Å². The maximum atomic E-state index is 5.41. The zero-order chi connectivity index (χ0) is 8.55. The van der Waals surface area contributed by atoms with Gasteiger partial charge in [-0.15, -0.1) is 0 Å². The summed E-state index contributed by atoms with van der Waals surface area (Å²) in [6.45, 7) is 6.52. The fraction of sp³-hybridized carbons (Fsp3) is 0.667. The molecule has 3 aromatic heterocycles. The first-order chi connectivity index (χ1) is 5.86. The van der Waals surface area contributed by atoms with Crippen molar-refractivity contribution in [1.82, 2.24) is 4.57 Å². The van der Waals surface area contributed by atoms with Crippen LogP contribution in [0.25, 0.3) is 11.6 Å². The average molecular weight is 203 g/mol. The fourth-order valence-electron chi connectivity index (χ4n) is 1.59. The Bertz CT molecular complexity index is 340. The summed E-state index contributed by atoms with van der Waals surface area (Å²) in [4.78, 5) is 0. The molecule has 0 N–H and O–H groups in total. The molecule has 0 unspecified atom stereocenters. The van der Waals surface area contributed by atoms with Crippen molar-refractivity contribution in [2.75, 3.05) is 0 Å². The standard InChI is InChI=1S/C9H15N2O.ClH/c1-3-5-10-7-8-11(6-4-2)9(10)12-8;/h7H,3-6H2,1-2H3;1H/q+1;/p-1. The number of oxazole rings is 1. The number of hydrogen-bond donors (Lipinski definition) is 0. The van der Waals surface area contributed by atoms with E-state index in [0.717, 1.165) is 31.1 Å². The molecule has 0 aliphatic heterocycles. The summed E-state index contributed by atoms with van der Waals surface area (Å²) >= 11 is 0. The monoisotopic (exact) mass is 202 g/mol. The van der Waals surface area contributed by atoms with Crippen molar-refractivity contribution in [1.29, 1.82) is 0 Å². The lowest BCUT2D eigenvalue weighted by atomic mass is 10.5. The van der Waals surface area contributed by atoms with Crippen molar-refractivity contribution in [3.05, 3.63) is 6.20 Å². The van der Waals surface area contributed by atoms with E-state index in [0.29, 0.717) is 0 Å². The van der Waals surface area contributed by atoms with E-state index in [2.05, 4.69) is 29.2 Å². The van der Waals surface area contributed by atoms with Gasteiger partial charge in [0, 0.05) is 0 Å². The summed E-state index contributed by atoms with van der Waals surface area (Å²) in [7, 11) is 0. The molecule has 13 heavy (non-hydrogen) atoms. The third-order valence-electron chi connectivity index (χ3n) is 2.12. The Morgan fingerprint density at radius 1 is 1.38 bits per heavy atom. The maximum absolute atomic E-state index is 5.41. The maximum Gasteiger partial charge on any atom is 0.467 e. The Labute approximate surface area is 84.1 Å². The SMILES string of the molecule is CCCn1c2c[n+](CCC)c1o2.[Cl-]. The van der Waals surface area contributed by atoms with Gasteiger partial charge < -0.3 is 16.8 Å². The highest BCUT2D eigenvalue weighted by atomic mass is 35.5. The second-order valence-corrected chi connectivity index (χ2v) is 3.20. The van der Waals surface area contributed by atoms with Crippen molar-refractivity contribution < 1.29 is 21.4 Å². The van der Waals surface area contributed by atoms with Gasteiger partial charge in [0.15, 0.2) is 6.20 Å². The molecule has 3 nitrogen and oxygen atoms in total. The van der Waals surface area contributed by atoms with Crippen LogP contribution in [0.15, 0.2) is 10.6 Å². The van der Waals surface area contributed by atoms with E-state index in [-0.39, 0.29) is 12.4 Å². The van der Waals surface area contributed by atoms with Crippen LogP contribution in [0.2, 0.25) is 0 Å². The lowest BCUT2D eigenvalue weighted by Gasteiger charge is -1.98. The van der Waals surface area contributed by atoms with Crippen molar-refractivity contribution >= 4 is 11.6 Å². The number of nitrogens with zero attached hydrogens (tertiary/aromatic N) is 2. The number of aromatic nitrogens is 2. The highest BCUT2D eigenvalue weighted by Gasteiger charge is 2.26. The number of halogens is 1. The van der Waals surface area contributed by atoms with Crippen LogP contribution in [-0.2, 0) is 13.1 Å². The molecule has 0 saturated heterocycles. The molecular weight excluding hydrogens is 188 g/mol. The zero-order valence-corrected chi connectivity index (χ0v) is 8.84. The van der Waals surface area contributed by atoms with Crippen LogP contribution in [-0.4, -0.2) is 4.57 Å². The normalized spacial score (nSPS) is 10.9. The minimum absolute atomic E-state index is 0. The van der Waals surface area contributed by atoms with Crippen LogP contribution in [0.1, 0.15) is 26.7 Å². The van der Waals surface area contributed by atoms with Gasteiger partial charge in [-0.25, -0.2) is 0 Å². The molecule has 0 spiro atoms. The van der Waals surface area contributed by atoms with Gasteiger partial charge in [0.05, 0.1) is 13.1 Å². The highest BCUT2D eigenvalue weighted by molar-refractivity contribution is 5.43. The number of hydrogen-bond acceptors (Lipinski definition) is 1. The summed E-state index contributed by atoms with van der Waals surface area (Å²) in [5.41, 5.74) is 1.03. The van der Waals surface area contributed by atoms with E-state index < -0.39 is 0 Å². The second kappa shape index (κ2) is 4.01. The first-order valence-corrected chi connectivity index (χ1v) is 4.67. The van der Waals surface area contributed by atoms with E-state index in [1.807, 2.05) is 0 Å². The fourth-order valence-corrected chi connectivity index (χ4v) is 1.59. The van der Waals surface area contributed by atoms with Crippen molar-refractivity contribution in [2.45, 2.75) is 39.8 Å². The van der Waals surface area contributed by atoms with Gasteiger partial charge in [-0.05, 0) is 12.8 Å². The molecule has 0 aliphatic rings. The Hall–Kier alpha value is -0.700. The highest BCUT2D eigenvalue weighted by Crippen LogP contribution is 2.16. The van der Waals surface area contributed by atoms with Gasteiger partial charge in [-0.2, -0.15) is 9.13 Å². The second-order valence-electron chi connectivity index (χ2n) is 3.20. The van der Waals surface area contributed by atoms with Crippen LogP contribution in [0.3, 0.4) is 0 Å². The summed E-state index contributed by atoms with van der Waals surface area (Å²) in [6.07, 6.45) is 4.43. The zero-order valence-electron chi connectivity index (χ0n) is 8.09. The molecule has 0 saturated carbocycles. The topological polar surface area (TPSA) is 21.9 Å². The first kappa shape index (κ1) is 10.4. The van der Waals surface area contributed by atoms with Crippen molar-refractivity contribution in [3.8, 4) is 0 Å². The number of fused-ring (bicyclic) bond motifs is 1. The van der Waals surface area contributed by atoms with Gasteiger partial charge in [0.1, 0.15) is 0 Å². The molecule has 3 aromatic rings. The number of imidazole rings is 1. The molecule has 3 rings (SSSR count). The molecule has 0 atom stereocenters. The van der Waals surface area contributed by atoms with Crippen molar-refractivity contribution in [2.24, 2.45) is 0 Å². The molecule has 0 amide bonds. The number of rotatable bonds is 4. The van der Waals surface area contributed by atoms with Gasteiger partial charge in [-0.1, -0.05) is 13.8 Å². The molecule has 2 bridgehead atoms. The van der Waals surface area contributed by atoms with Crippen LogP contribution in [0.4, 0.5) is 0 Å². The first-order valence-electron chi connectivity index (χ1n) is 4.67. The predicted octanol–water partition coefficient (Wildman–Crippen LogP) is -1.22. The third-order valence-corrected chi connectivity index (χ3v) is 2.12. The Morgan fingerprint density at radius 2 is 2.15 bits per heavy atom. The van der Waals surface area contributed by atoms with Gasteiger partial charge in [0.25, 0.3) is 0 Å². The van der Waals surface area contributed by atoms with Gasteiger partial charge >= 0.3 is 11.6 Å². The molecule has 4 heteroatoms. The molecule has 0 aliphatic carbocycles. The minimum atomic E-state index is 0. The van der Waals surface area contributed by atoms with E-state index in [1.54, 1.807) is 0 Å². The number of aryl methyl sites for hydroxylation is 2. The summed E-state index contributed by atoms with van der Waals surface area (Å²) in [6, 6.07) is 0. The third kappa shape index (κ3) is 1.53. The van der Waals surface area contributed by atoms with Crippen LogP contribution < -0.4 is 17.0 Å². The van der Waals surface area contributed by atoms with E-state index in [1.165, 1.54) is 6.42 Å². The van der Waals surface area contributed by atoms with Crippen LogP contribution in [0.5, 0.6) is 0 Å². The molecule has 74 valence electrons. The largest absolute Gasteiger partial charge is 1.00 e. The molecule has 3 heterocycles. The Kier molecular flexibility index (Phi) is 3.20.